The number of aryl methyl sites for hydroxylation is 1. The van der Waals surface area contributed by atoms with E-state index >= 15 is 0 Å². The molecule has 0 radical (unpaired) electrons. The maximum Gasteiger partial charge on any atom is 0.243 e. The minimum Gasteiger partial charge on any atom is -0.497 e. The molecule has 204 valence electrons. The summed E-state index contributed by atoms with van der Waals surface area (Å²) in [7, 11) is 4.86. The molecular weight excluding hydrogens is 510 g/mol. The van der Waals surface area contributed by atoms with Crippen molar-refractivity contribution in [1.29, 1.82) is 0 Å². The number of benzene rings is 2. The highest BCUT2D eigenvalue weighted by Crippen LogP contribution is 2.29. The Labute approximate surface area is 231 Å². The smallest absolute Gasteiger partial charge is 0.243 e. The van der Waals surface area contributed by atoms with Crippen LogP contribution < -0.4 is 24.3 Å². The second kappa shape index (κ2) is 12.1. The van der Waals surface area contributed by atoms with E-state index in [2.05, 4.69) is 20.3 Å². The van der Waals surface area contributed by atoms with E-state index in [1.165, 1.54) is 0 Å². The van der Waals surface area contributed by atoms with Crippen molar-refractivity contribution < 1.29 is 18.9 Å². The average Bonchev–Trinajstić information content (AvgIpc) is 3.39. The summed E-state index contributed by atoms with van der Waals surface area (Å²) in [5.74, 6) is 5.00. The first-order valence-electron chi connectivity index (χ1n) is 12.5. The fourth-order valence-corrected chi connectivity index (χ4v) is 4.02. The van der Waals surface area contributed by atoms with Crippen LogP contribution in [0.25, 0.3) is 5.82 Å². The quantitative estimate of drug-likeness (QED) is 0.251. The van der Waals surface area contributed by atoms with Gasteiger partial charge in [0.25, 0.3) is 0 Å². The van der Waals surface area contributed by atoms with Crippen molar-refractivity contribution in [2.75, 3.05) is 26.6 Å². The van der Waals surface area contributed by atoms with Crippen molar-refractivity contribution in [3.8, 4) is 34.8 Å². The summed E-state index contributed by atoms with van der Waals surface area (Å²) in [4.78, 5) is 18.1. The molecule has 3 heterocycles. The van der Waals surface area contributed by atoms with Crippen molar-refractivity contribution in [1.82, 2.24) is 29.7 Å². The molecule has 0 fully saturated rings. The van der Waals surface area contributed by atoms with Crippen molar-refractivity contribution in [2.24, 2.45) is 0 Å². The van der Waals surface area contributed by atoms with Gasteiger partial charge in [-0.1, -0.05) is 24.3 Å². The zero-order valence-corrected chi connectivity index (χ0v) is 22.7. The van der Waals surface area contributed by atoms with E-state index in [0.29, 0.717) is 59.6 Å². The molecule has 40 heavy (non-hydrogen) atoms. The topological polar surface area (TPSA) is 118 Å². The van der Waals surface area contributed by atoms with E-state index in [9.17, 15) is 0 Å². The first-order valence-corrected chi connectivity index (χ1v) is 12.5. The van der Waals surface area contributed by atoms with E-state index in [0.717, 1.165) is 16.9 Å². The molecule has 3 aromatic heterocycles. The molecule has 11 heteroatoms. The number of nitrogens with zero attached hydrogens (tertiary/aromatic N) is 6. The van der Waals surface area contributed by atoms with Gasteiger partial charge in [-0.15, -0.1) is 5.10 Å². The number of nitrogens with one attached hydrogen (secondary N) is 1. The van der Waals surface area contributed by atoms with Crippen LogP contribution in [-0.2, 0) is 13.0 Å². The van der Waals surface area contributed by atoms with Gasteiger partial charge in [0.05, 0.1) is 21.3 Å². The zero-order chi connectivity index (χ0) is 27.9. The normalized spacial score (nSPS) is 10.7. The van der Waals surface area contributed by atoms with Gasteiger partial charge in [0, 0.05) is 31.3 Å². The predicted molar refractivity (Wildman–Crippen MR) is 149 cm³/mol. The van der Waals surface area contributed by atoms with Crippen LogP contribution in [0.15, 0.2) is 72.9 Å². The van der Waals surface area contributed by atoms with Gasteiger partial charge in [-0.2, -0.15) is 14.6 Å². The number of hydrogen-bond donors (Lipinski definition) is 1. The molecule has 1 N–H and O–H groups in total. The second-order valence-electron chi connectivity index (χ2n) is 8.71. The van der Waals surface area contributed by atoms with Crippen LogP contribution in [0.4, 0.5) is 5.95 Å². The van der Waals surface area contributed by atoms with Gasteiger partial charge < -0.3 is 24.3 Å². The SMILES string of the molecule is COc1ccc(CNc2nc(Cc3ccc(OC)c(OC)c3)n(-c3cc(Oc4ccccn4)nc(C)n3)n2)cc1. The molecule has 5 rings (SSSR count). The second-order valence-corrected chi connectivity index (χ2v) is 8.71. The minimum absolute atomic E-state index is 0.349. The van der Waals surface area contributed by atoms with Gasteiger partial charge in [-0.05, 0) is 48.4 Å². The Morgan fingerprint density at radius 1 is 0.775 bits per heavy atom. The third kappa shape index (κ3) is 6.26. The highest BCUT2D eigenvalue weighted by Gasteiger charge is 2.17. The van der Waals surface area contributed by atoms with E-state index in [1.807, 2.05) is 54.6 Å². The minimum atomic E-state index is 0.349. The number of hydrogen-bond acceptors (Lipinski definition) is 10. The number of aromatic nitrogens is 6. The molecule has 0 spiro atoms. The Bertz CT molecular complexity index is 1570. The molecule has 0 aliphatic carbocycles. The Morgan fingerprint density at radius 3 is 2.30 bits per heavy atom. The van der Waals surface area contributed by atoms with Crippen LogP contribution in [0.5, 0.6) is 29.0 Å². The van der Waals surface area contributed by atoms with Crippen LogP contribution >= 0.6 is 0 Å². The van der Waals surface area contributed by atoms with Gasteiger partial charge in [-0.3, -0.25) is 0 Å². The third-order valence-electron chi connectivity index (χ3n) is 5.96. The standard InChI is InChI=1S/C29H29N7O4/c1-19-32-26(17-28(33-19)40-27-7-5-6-14-30-27)36-25(16-21-10-13-23(38-3)24(15-21)39-4)34-29(35-36)31-18-20-8-11-22(37-2)12-9-20/h5-15,17H,16,18H2,1-4H3,(H,31,35). The molecule has 0 saturated heterocycles. The van der Waals surface area contributed by atoms with E-state index in [4.69, 9.17) is 29.0 Å². The van der Waals surface area contributed by atoms with Crippen molar-refractivity contribution in [3.63, 3.8) is 0 Å². The molecule has 0 amide bonds. The molecule has 0 atom stereocenters. The van der Waals surface area contributed by atoms with Crippen molar-refractivity contribution in [3.05, 3.63) is 95.7 Å². The molecule has 0 unspecified atom stereocenters. The van der Waals surface area contributed by atoms with Crippen LogP contribution in [0.2, 0.25) is 0 Å². The first-order chi connectivity index (χ1) is 19.5. The highest BCUT2D eigenvalue weighted by molar-refractivity contribution is 5.44. The van der Waals surface area contributed by atoms with Crippen LogP contribution in [0.3, 0.4) is 0 Å². The maximum atomic E-state index is 5.89. The summed E-state index contributed by atoms with van der Waals surface area (Å²) in [6, 6.07) is 20.7. The summed E-state index contributed by atoms with van der Waals surface area (Å²) >= 11 is 0. The van der Waals surface area contributed by atoms with Crippen LogP contribution in [0.1, 0.15) is 22.8 Å². The average molecular weight is 540 g/mol. The van der Waals surface area contributed by atoms with Gasteiger partial charge in [0.1, 0.15) is 17.4 Å². The molecule has 2 aromatic carbocycles. The Hall–Kier alpha value is -5.19. The zero-order valence-electron chi connectivity index (χ0n) is 22.7. The Morgan fingerprint density at radius 2 is 1.57 bits per heavy atom. The van der Waals surface area contributed by atoms with Gasteiger partial charge in [-0.25, -0.2) is 9.97 Å². The summed E-state index contributed by atoms with van der Waals surface area (Å²) in [5.41, 5.74) is 2.02. The van der Waals surface area contributed by atoms with E-state index < -0.39 is 0 Å². The third-order valence-corrected chi connectivity index (χ3v) is 5.96. The van der Waals surface area contributed by atoms with Gasteiger partial charge in [0.15, 0.2) is 17.3 Å². The lowest BCUT2D eigenvalue weighted by atomic mass is 10.1. The fraction of sp³-hybridized carbons (Fsp3) is 0.207. The summed E-state index contributed by atoms with van der Waals surface area (Å²) < 4.78 is 23.7. The fourth-order valence-electron chi connectivity index (χ4n) is 4.02. The van der Waals surface area contributed by atoms with Crippen LogP contribution in [-0.4, -0.2) is 51.0 Å². The number of rotatable bonds is 11. The van der Waals surface area contributed by atoms with Crippen molar-refractivity contribution in [2.45, 2.75) is 19.9 Å². The Kier molecular flexibility index (Phi) is 8.00. The van der Waals surface area contributed by atoms with Gasteiger partial charge in [0.2, 0.25) is 17.7 Å². The van der Waals surface area contributed by atoms with Gasteiger partial charge >= 0.3 is 0 Å². The predicted octanol–water partition coefficient (Wildman–Crippen LogP) is 4.78. The number of methoxy groups -OCH3 is 3. The lowest BCUT2D eigenvalue weighted by Gasteiger charge is -2.11. The number of pyridine rings is 1. The maximum absolute atomic E-state index is 5.89. The van der Waals surface area contributed by atoms with Crippen molar-refractivity contribution >= 4 is 5.95 Å². The lowest BCUT2D eigenvalue weighted by molar-refractivity contribution is 0.354. The summed E-state index contributed by atoms with van der Waals surface area (Å²) in [5, 5.41) is 8.05. The molecule has 0 aliphatic rings. The first kappa shape index (κ1) is 26.4. The molecular formula is C29H29N7O4. The molecule has 11 nitrogen and oxygen atoms in total. The van der Waals surface area contributed by atoms with E-state index in [1.54, 1.807) is 51.3 Å². The molecule has 0 saturated carbocycles. The number of ether oxygens (including phenoxy) is 4. The molecule has 0 bridgehead atoms. The molecule has 0 aliphatic heterocycles. The molecule has 5 aromatic rings. The Balaban J connectivity index is 1.48. The number of anilines is 1. The lowest BCUT2D eigenvalue weighted by Crippen LogP contribution is -2.08. The summed E-state index contributed by atoms with van der Waals surface area (Å²) in [6.45, 7) is 2.32. The highest BCUT2D eigenvalue weighted by atomic mass is 16.5. The van der Waals surface area contributed by atoms with E-state index in [-0.39, 0.29) is 0 Å². The summed E-state index contributed by atoms with van der Waals surface area (Å²) in [6.07, 6.45) is 2.11. The van der Waals surface area contributed by atoms with Crippen LogP contribution in [0, 0.1) is 6.92 Å². The monoisotopic (exact) mass is 539 g/mol. The largest absolute Gasteiger partial charge is 0.497 e.